The molecule has 128 valence electrons. The molecular formula is C20H22N4O. The molecule has 0 radical (unpaired) electrons. The number of amides is 1. The number of aromatic nitrogens is 2. The molecule has 1 heterocycles. The number of anilines is 1. The first-order valence-electron chi connectivity index (χ1n) is 8.22. The maximum absolute atomic E-state index is 12.5. The van der Waals surface area contributed by atoms with Gasteiger partial charge in [0.2, 0.25) is 5.91 Å². The molecular weight excluding hydrogens is 312 g/mol. The fourth-order valence-electron chi connectivity index (χ4n) is 2.62. The summed E-state index contributed by atoms with van der Waals surface area (Å²) in [7, 11) is 3.75. The van der Waals surface area contributed by atoms with Crippen LogP contribution < -0.4 is 4.90 Å². The summed E-state index contributed by atoms with van der Waals surface area (Å²) in [5.41, 5.74) is 3.04. The van der Waals surface area contributed by atoms with Crippen molar-refractivity contribution in [3.63, 3.8) is 0 Å². The van der Waals surface area contributed by atoms with Crippen LogP contribution in [-0.4, -0.2) is 41.2 Å². The second-order valence-electron chi connectivity index (χ2n) is 6.07. The molecule has 3 aromatic rings. The monoisotopic (exact) mass is 334 g/mol. The van der Waals surface area contributed by atoms with Gasteiger partial charge in [0, 0.05) is 38.1 Å². The van der Waals surface area contributed by atoms with E-state index in [0.29, 0.717) is 13.1 Å². The van der Waals surface area contributed by atoms with Crippen LogP contribution >= 0.6 is 0 Å². The maximum Gasteiger partial charge on any atom is 0.242 e. The van der Waals surface area contributed by atoms with Gasteiger partial charge in [0.05, 0.1) is 18.4 Å². The Balaban J connectivity index is 1.59. The minimum absolute atomic E-state index is 0.0683. The number of rotatable bonds is 6. The number of carbonyl (C=O) groups excluding carboxylic acids is 1. The van der Waals surface area contributed by atoms with Gasteiger partial charge in [-0.15, -0.1) is 0 Å². The molecule has 0 saturated carbocycles. The van der Waals surface area contributed by atoms with Crippen molar-refractivity contribution < 1.29 is 4.79 Å². The van der Waals surface area contributed by atoms with Gasteiger partial charge in [-0.1, -0.05) is 36.4 Å². The van der Waals surface area contributed by atoms with Crippen LogP contribution in [0.4, 0.5) is 5.69 Å². The average Bonchev–Trinajstić information content (AvgIpc) is 3.11. The lowest BCUT2D eigenvalue weighted by Gasteiger charge is -2.23. The summed E-state index contributed by atoms with van der Waals surface area (Å²) in [6.07, 6.45) is 3.76. The Morgan fingerprint density at radius 1 is 1.00 bits per heavy atom. The Hall–Kier alpha value is -3.08. The topological polar surface area (TPSA) is 41.4 Å². The lowest BCUT2D eigenvalue weighted by atomic mass is 10.3. The average molecular weight is 334 g/mol. The van der Waals surface area contributed by atoms with Crippen LogP contribution in [0, 0.1) is 0 Å². The zero-order valence-corrected chi connectivity index (χ0v) is 14.5. The minimum Gasteiger partial charge on any atom is -0.365 e. The fraction of sp³-hybridized carbons (Fsp3) is 0.200. The van der Waals surface area contributed by atoms with E-state index in [2.05, 4.69) is 5.10 Å². The molecule has 0 aliphatic heterocycles. The molecule has 0 atom stereocenters. The van der Waals surface area contributed by atoms with Gasteiger partial charge in [-0.25, -0.2) is 4.68 Å². The zero-order chi connectivity index (χ0) is 17.6. The van der Waals surface area contributed by atoms with Crippen LogP contribution in [0.5, 0.6) is 0 Å². The highest BCUT2D eigenvalue weighted by Gasteiger charge is 2.13. The van der Waals surface area contributed by atoms with E-state index < -0.39 is 0 Å². The van der Waals surface area contributed by atoms with Gasteiger partial charge >= 0.3 is 0 Å². The molecule has 2 aromatic carbocycles. The van der Waals surface area contributed by atoms with Crippen LogP contribution in [0.3, 0.4) is 0 Å². The molecule has 0 spiro atoms. The standard InChI is InChI=1S/C20H22N4O/c1-22(18-9-5-3-6-10-18)16-20(25)23(2)14-17-13-21-24(15-17)19-11-7-4-8-12-19/h3-13,15H,14,16H2,1-2H3. The molecule has 5 heteroatoms. The zero-order valence-electron chi connectivity index (χ0n) is 14.5. The summed E-state index contributed by atoms with van der Waals surface area (Å²) in [5.74, 6) is 0.0683. The highest BCUT2D eigenvalue weighted by Crippen LogP contribution is 2.12. The molecule has 0 saturated heterocycles. The van der Waals surface area contributed by atoms with E-state index in [1.807, 2.05) is 90.5 Å². The molecule has 1 amide bonds. The van der Waals surface area contributed by atoms with Crippen LogP contribution in [-0.2, 0) is 11.3 Å². The first-order chi connectivity index (χ1) is 12.1. The van der Waals surface area contributed by atoms with Gasteiger partial charge in [0.25, 0.3) is 0 Å². The van der Waals surface area contributed by atoms with Gasteiger partial charge in [-0.3, -0.25) is 4.79 Å². The molecule has 0 bridgehead atoms. The third-order valence-electron chi connectivity index (χ3n) is 4.07. The Labute approximate surface area is 148 Å². The molecule has 1 aromatic heterocycles. The molecule has 3 rings (SSSR count). The predicted octanol–water partition coefficient (Wildman–Crippen LogP) is 2.97. The molecule has 0 aliphatic rings. The van der Waals surface area contributed by atoms with E-state index in [0.717, 1.165) is 16.9 Å². The molecule has 0 N–H and O–H groups in total. The van der Waals surface area contributed by atoms with Crippen molar-refractivity contribution in [3.05, 3.63) is 78.6 Å². The molecule has 0 unspecified atom stereocenters. The Kier molecular flexibility index (Phi) is 5.14. The van der Waals surface area contributed by atoms with Crippen molar-refractivity contribution in [1.29, 1.82) is 0 Å². The van der Waals surface area contributed by atoms with Crippen LogP contribution in [0.2, 0.25) is 0 Å². The van der Waals surface area contributed by atoms with Gasteiger partial charge < -0.3 is 9.80 Å². The number of para-hydroxylation sites is 2. The van der Waals surface area contributed by atoms with Crippen LogP contribution in [0.25, 0.3) is 5.69 Å². The van der Waals surface area contributed by atoms with Crippen LogP contribution in [0.1, 0.15) is 5.56 Å². The van der Waals surface area contributed by atoms with E-state index in [1.165, 1.54) is 0 Å². The quantitative estimate of drug-likeness (QED) is 0.696. The maximum atomic E-state index is 12.5. The lowest BCUT2D eigenvalue weighted by Crippen LogP contribution is -2.36. The van der Waals surface area contributed by atoms with Crippen molar-refractivity contribution in [2.24, 2.45) is 0 Å². The smallest absolute Gasteiger partial charge is 0.242 e. The first kappa shape index (κ1) is 16.8. The molecule has 0 fully saturated rings. The summed E-state index contributed by atoms with van der Waals surface area (Å²) >= 11 is 0. The number of nitrogens with zero attached hydrogens (tertiary/aromatic N) is 4. The summed E-state index contributed by atoms with van der Waals surface area (Å²) in [5, 5.41) is 4.38. The summed E-state index contributed by atoms with van der Waals surface area (Å²) in [4.78, 5) is 16.1. The summed E-state index contributed by atoms with van der Waals surface area (Å²) in [6.45, 7) is 0.877. The van der Waals surface area contributed by atoms with Crippen LogP contribution in [0.15, 0.2) is 73.1 Å². The van der Waals surface area contributed by atoms with Gasteiger partial charge in [0.1, 0.15) is 0 Å². The summed E-state index contributed by atoms with van der Waals surface area (Å²) in [6, 6.07) is 19.8. The lowest BCUT2D eigenvalue weighted by molar-refractivity contribution is -0.128. The van der Waals surface area contributed by atoms with Gasteiger partial charge in [-0.2, -0.15) is 5.10 Å². The largest absolute Gasteiger partial charge is 0.365 e. The van der Waals surface area contributed by atoms with E-state index in [-0.39, 0.29) is 5.91 Å². The van der Waals surface area contributed by atoms with E-state index >= 15 is 0 Å². The predicted molar refractivity (Wildman–Crippen MR) is 99.8 cm³/mol. The number of hydrogen-bond acceptors (Lipinski definition) is 3. The second-order valence-corrected chi connectivity index (χ2v) is 6.07. The normalized spacial score (nSPS) is 10.5. The number of benzene rings is 2. The molecule has 5 nitrogen and oxygen atoms in total. The number of likely N-dealkylation sites (N-methyl/N-ethyl adjacent to an activating group) is 2. The minimum atomic E-state index is 0.0683. The summed E-state index contributed by atoms with van der Waals surface area (Å²) < 4.78 is 1.82. The molecule has 25 heavy (non-hydrogen) atoms. The van der Waals surface area contributed by atoms with Crippen molar-refractivity contribution in [1.82, 2.24) is 14.7 Å². The van der Waals surface area contributed by atoms with E-state index in [4.69, 9.17) is 0 Å². The van der Waals surface area contributed by atoms with E-state index in [9.17, 15) is 4.79 Å². The third-order valence-corrected chi connectivity index (χ3v) is 4.07. The van der Waals surface area contributed by atoms with Gasteiger partial charge in [0.15, 0.2) is 0 Å². The Morgan fingerprint density at radius 3 is 2.32 bits per heavy atom. The molecule has 0 aliphatic carbocycles. The Morgan fingerprint density at radius 2 is 1.64 bits per heavy atom. The highest BCUT2D eigenvalue weighted by atomic mass is 16.2. The third kappa shape index (κ3) is 4.26. The SMILES string of the molecule is CN(Cc1cnn(-c2ccccc2)c1)C(=O)CN(C)c1ccccc1. The van der Waals surface area contributed by atoms with Crippen molar-refractivity contribution in [2.45, 2.75) is 6.54 Å². The van der Waals surface area contributed by atoms with Crippen molar-refractivity contribution in [2.75, 3.05) is 25.5 Å². The van der Waals surface area contributed by atoms with E-state index in [1.54, 1.807) is 11.1 Å². The number of carbonyl (C=O) groups is 1. The highest BCUT2D eigenvalue weighted by molar-refractivity contribution is 5.81. The van der Waals surface area contributed by atoms with Crippen molar-refractivity contribution >= 4 is 11.6 Å². The van der Waals surface area contributed by atoms with Gasteiger partial charge in [-0.05, 0) is 24.3 Å². The first-order valence-corrected chi connectivity index (χ1v) is 8.22. The second kappa shape index (κ2) is 7.66. The number of hydrogen-bond donors (Lipinski definition) is 0. The van der Waals surface area contributed by atoms with Crippen molar-refractivity contribution in [3.8, 4) is 5.69 Å². The Bertz CT molecular complexity index is 814. The fourth-order valence-corrected chi connectivity index (χ4v) is 2.62.